The summed E-state index contributed by atoms with van der Waals surface area (Å²) in [5, 5.41) is 6.71. The number of amides is 2. The second-order valence-corrected chi connectivity index (χ2v) is 9.72. The zero-order chi connectivity index (χ0) is 26.0. The number of carbonyl (C=O) groups is 2. The minimum Gasteiger partial charge on any atom is -0.491 e. The smallest absolute Gasteiger partial charge is 0.237 e. The third-order valence-electron chi connectivity index (χ3n) is 6.14. The highest BCUT2D eigenvalue weighted by atomic mass is 35.5. The van der Waals surface area contributed by atoms with E-state index in [1.807, 2.05) is 30.3 Å². The SMILES string of the molecule is CC(C)Oc1ccc(F)c(F)c1C1NC(=O)CC[C@]12C(=O)Nc1cc(Cl)ccc12.Clc1ccccc1. The highest BCUT2D eigenvalue weighted by Gasteiger charge is 2.56. The summed E-state index contributed by atoms with van der Waals surface area (Å²) in [5.41, 5.74) is -0.412. The number of rotatable bonds is 3. The first-order chi connectivity index (χ1) is 17.1. The fourth-order valence-electron chi connectivity index (χ4n) is 4.62. The monoisotopic (exact) mass is 532 g/mol. The lowest BCUT2D eigenvalue weighted by molar-refractivity contribution is -0.130. The fourth-order valence-corrected chi connectivity index (χ4v) is 4.94. The Kier molecular flexibility index (Phi) is 7.52. The number of halogens is 4. The molecule has 0 aromatic heterocycles. The van der Waals surface area contributed by atoms with Crippen molar-refractivity contribution in [3.63, 3.8) is 0 Å². The number of anilines is 1. The normalized spacial score (nSPS) is 20.4. The Labute approximate surface area is 217 Å². The first-order valence-electron chi connectivity index (χ1n) is 11.4. The zero-order valence-corrected chi connectivity index (χ0v) is 21.1. The van der Waals surface area contributed by atoms with Crippen molar-refractivity contribution in [3.05, 3.63) is 93.5 Å². The van der Waals surface area contributed by atoms with Crippen LogP contribution in [0.1, 0.15) is 43.9 Å². The second kappa shape index (κ2) is 10.4. The predicted octanol–water partition coefficient (Wildman–Crippen LogP) is 6.59. The summed E-state index contributed by atoms with van der Waals surface area (Å²) in [6.07, 6.45) is -0.109. The van der Waals surface area contributed by atoms with Gasteiger partial charge in [0, 0.05) is 22.2 Å². The third kappa shape index (κ3) is 4.90. The number of hydrogen-bond acceptors (Lipinski definition) is 3. The molecule has 0 saturated carbocycles. The van der Waals surface area contributed by atoms with Crippen LogP contribution in [0.25, 0.3) is 0 Å². The van der Waals surface area contributed by atoms with Crippen LogP contribution >= 0.6 is 23.2 Å². The minimum atomic E-state index is -1.31. The van der Waals surface area contributed by atoms with E-state index in [-0.39, 0.29) is 36.2 Å². The van der Waals surface area contributed by atoms with Crippen LogP contribution in [-0.2, 0) is 15.0 Å². The van der Waals surface area contributed by atoms with Gasteiger partial charge in [0.25, 0.3) is 0 Å². The lowest BCUT2D eigenvalue weighted by Crippen LogP contribution is -2.53. The van der Waals surface area contributed by atoms with Gasteiger partial charge in [-0.3, -0.25) is 9.59 Å². The van der Waals surface area contributed by atoms with Crippen LogP contribution in [0.4, 0.5) is 14.5 Å². The largest absolute Gasteiger partial charge is 0.491 e. The Bertz CT molecular complexity index is 1300. The average molecular weight is 533 g/mol. The topological polar surface area (TPSA) is 67.4 Å². The van der Waals surface area contributed by atoms with Crippen molar-refractivity contribution in [2.45, 2.75) is 44.2 Å². The Morgan fingerprint density at radius 2 is 1.72 bits per heavy atom. The van der Waals surface area contributed by atoms with E-state index >= 15 is 4.39 Å². The van der Waals surface area contributed by atoms with Crippen molar-refractivity contribution in [2.75, 3.05) is 5.32 Å². The van der Waals surface area contributed by atoms with Crippen LogP contribution in [0.2, 0.25) is 10.0 Å². The van der Waals surface area contributed by atoms with Crippen molar-refractivity contribution in [1.29, 1.82) is 0 Å². The van der Waals surface area contributed by atoms with E-state index in [0.29, 0.717) is 16.3 Å². The van der Waals surface area contributed by atoms with Crippen LogP contribution in [0.5, 0.6) is 5.75 Å². The van der Waals surface area contributed by atoms with Crippen molar-refractivity contribution < 1.29 is 23.1 Å². The number of nitrogens with one attached hydrogen (secondary N) is 2. The van der Waals surface area contributed by atoms with Crippen molar-refractivity contribution in [1.82, 2.24) is 5.32 Å². The molecule has 1 spiro atoms. The van der Waals surface area contributed by atoms with E-state index in [9.17, 15) is 14.0 Å². The van der Waals surface area contributed by atoms with Gasteiger partial charge in [0.2, 0.25) is 11.8 Å². The quantitative estimate of drug-likeness (QED) is 0.400. The first kappa shape index (κ1) is 25.9. The summed E-state index contributed by atoms with van der Waals surface area (Å²) in [6.45, 7) is 3.50. The van der Waals surface area contributed by atoms with Gasteiger partial charge in [-0.2, -0.15) is 0 Å². The summed E-state index contributed by atoms with van der Waals surface area (Å²) >= 11 is 11.6. The van der Waals surface area contributed by atoms with Gasteiger partial charge in [-0.25, -0.2) is 8.78 Å². The zero-order valence-electron chi connectivity index (χ0n) is 19.6. The Hall–Kier alpha value is -3.16. The Morgan fingerprint density at radius 1 is 1.00 bits per heavy atom. The molecule has 1 fully saturated rings. The van der Waals surface area contributed by atoms with E-state index in [2.05, 4.69) is 10.6 Å². The van der Waals surface area contributed by atoms with Crippen LogP contribution in [0.15, 0.2) is 60.7 Å². The molecule has 1 saturated heterocycles. The molecular formula is C27H24Cl2F2N2O3. The number of carbonyl (C=O) groups excluding carboxylic acids is 2. The van der Waals surface area contributed by atoms with Gasteiger partial charge in [0.05, 0.1) is 17.7 Å². The van der Waals surface area contributed by atoms with E-state index in [1.165, 1.54) is 6.07 Å². The van der Waals surface area contributed by atoms with Crippen molar-refractivity contribution in [3.8, 4) is 5.75 Å². The average Bonchev–Trinajstić information content (AvgIpc) is 3.10. The molecule has 2 aliphatic heterocycles. The number of benzene rings is 3. The van der Waals surface area contributed by atoms with Gasteiger partial charge in [-0.1, -0.05) is 47.5 Å². The van der Waals surface area contributed by atoms with E-state index in [0.717, 1.165) is 11.1 Å². The van der Waals surface area contributed by atoms with Crippen LogP contribution in [0, 0.1) is 11.6 Å². The molecule has 2 aliphatic rings. The Balaban J connectivity index is 0.000000375. The standard InChI is InChI=1S/C21H19ClF2N2O3.C6H5Cl/c1-10(2)29-15-6-5-13(23)18(24)17(15)19-21(8-7-16(27)26-19)12-4-3-11(22)9-14(12)25-20(21)28;7-6-4-2-1-3-5-6/h3-6,9-10,19H,7-8H2,1-2H3,(H,25,28)(H,26,27);1-5H/t19?,21-;/m1./s1. The molecule has 1 unspecified atom stereocenters. The van der Waals surface area contributed by atoms with E-state index in [4.69, 9.17) is 27.9 Å². The van der Waals surface area contributed by atoms with E-state index < -0.39 is 29.0 Å². The highest BCUT2D eigenvalue weighted by Crippen LogP contribution is 2.53. The summed E-state index contributed by atoms with van der Waals surface area (Å²) < 4.78 is 35.0. The maximum absolute atomic E-state index is 15.1. The molecule has 9 heteroatoms. The summed E-state index contributed by atoms with van der Waals surface area (Å²) in [5.74, 6) is -2.90. The molecule has 2 amide bonds. The molecule has 2 heterocycles. The Morgan fingerprint density at radius 3 is 2.36 bits per heavy atom. The van der Waals surface area contributed by atoms with Gasteiger partial charge in [-0.15, -0.1) is 0 Å². The third-order valence-corrected chi connectivity index (χ3v) is 6.62. The van der Waals surface area contributed by atoms with Crippen molar-refractivity contribution in [2.24, 2.45) is 0 Å². The first-order valence-corrected chi connectivity index (χ1v) is 12.1. The van der Waals surface area contributed by atoms with Crippen molar-refractivity contribution >= 4 is 40.7 Å². The summed E-state index contributed by atoms with van der Waals surface area (Å²) in [7, 11) is 0. The molecule has 0 aliphatic carbocycles. The maximum Gasteiger partial charge on any atom is 0.237 e. The molecule has 2 atom stereocenters. The molecule has 3 aromatic rings. The number of fused-ring (bicyclic) bond motifs is 2. The molecule has 5 rings (SSSR count). The van der Waals surface area contributed by atoms with Crippen LogP contribution < -0.4 is 15.4 Å². The summed E-state index contributed by atoms with van der Waals surface area (Å²) in [6, 6.07) is 15.5. The van der Waals surface area contributed by atoms with E-state index in [1.54, 1.807) is 32.0 Å². The lowest BCUT2D eigenvalue weighted by atomic mass is 9.67. The molecule has 3 aromatic carbocycles. The molecule has 36 heavy (non-hydrogen) atoms. The maximum atomic E-state index is 15.1. The van der Waals surface area contributed by atoms with Gasteiger partial charge in [-0.05, 0) is 62.2 Å². The van der Waals surface area contributed by atoms with Gasteiger partial charge in [0.15, 0.2) is 11.6 Å². The summed E-state index contributed by atoms with van der Waals surface area (Å²) in [4.78, 5) is 25.4. The van der Waals surface area contributed by atoms with Crippen LogP contribution in [-0.4, -0.2) is 17.9 Å². The predicted molar refractivity (Wildman–Crippen MR) is 135 cm³/mol. The number of ether oxygens (including phenoxy) is 1. The van der Waals surface area contributed by atoms with Gasteiger partial charge >= 0.3 is 0 Å². The molecular weight excluding hydrogens is 509 g/mol. The molecule has 0 radical (unpaired) electrons. The lowest BCUT2D eigenvalue weighted by Gasteiger charge is -2.41. The second-order valence-electron chi connectivity index (χ2n) is 8.85. The number of piperidine rings is 1. The highest BCUT2D eigenvalue weighted by molar-refractivity contribution is 6.31. The molecule has 5 nitrogen and oxygen atoms in total. The van der Waals surface area contributed by atoms with Crippen LogP contribution in [0.3, 0.4) is 0 Å². The fraction of sp³-hybridized carbons (Fsp3) is 0.259. The van der Waals surface area contributed by atoms with Gasteiger partial charge in [0.1, 0.15) is 11.2 Å². The molecule has 0 bridgehead atoms. The minimum absolute atomic E-state index is 0.0727. The van der Waals surface area contributed by atoms with Gasteiger partial charge < -0.3 is 15.4 Å². The number of hydrogen-bond donors (Lipinski definition) is 2. The molecule has 188 valence electrons. The molecule has 2 N–H and O–H groups in total.